The molecule has 0 aromatic carbocycles. The minimum atomic E-state index is -4.55. The Morgan fingerprint density at radius 3 is 2.56 bits per heavy atom. The molecule has 0 aliphatic carbocycles. The van der Waals surface area contributed by atoms with Gasteiger partial charge in [0.25, 0.3) is 5.91 Å². The van der Waals surface area contributed by atoms with Gasteiger partial charge in [-0.15, -0.1) is 0 Å². The van der Waals surface area contributed by atoms with Gasteiger partial charge >= 0.3 is 6.18 Å². The number of alkyl halides is 3. The largest absolute Gasteiger partial charge is 0.405 e. The number of aromatic nitrogens is 3. The maximum absolute atomic E-state index is 13.7. The van der Waals surface area contributed by atoms with E-state index in [0.29, 0.717) is 5.56 Å². The number of hydrogen-bond donors (Lipinski definition) is 1. The van der Waals surface area contributed by atoms with Crippen molar-refractivity contribution in [3.63, 3.8) is 0 Å². The van der Waals surface area contributed by atoms with Gasteiger partial charge in [0.2, 0.25) is 5.91 Å². The second-order valence-electron chi connectivity index (χ2n) is 7.16. The highest BCUT2D eigenvalue weighted by Crippen LogP contribution is 2.36. The van der Waals surface area contributed by atoms with Crippen molar-refractivity contribution in [2.45, 2.75) is 18.3 Å². The van der Waals surface area contributed by atoms with Gasteiger partial charge in [-0.1, -0.05) is 18.2 Å². The molecule has 0 bridgehead atoms. The highest BCUT2D eigenvalue weighted by Gasteiger charge is 2.49. The van der Waals surface area contributed by atoms with Gasteiger partial charge in [-0.05, 0) is 36.9 Å². The van der Waals surface area contributed by atoms with Crippen LogP contribution in [-0.4, -0.2) is 76.0 Å². The number of nitrogens with one attached hydrogen (secondary N) is 1. The summed E-state index contributed by atoms with van der Waals surface area (Å²) in [4.78, 5) is 38.5. The first-order valence-electron chi connectivity index (χ1n) is 9.47. The van der Waals surface area contributed by atoms with Crippen LogP contribution in [0.5, 0.6) is 0 Å². The van der Waals surface area contributed by atoms with E-state index >= 15 is 0 Å². The van der Waals surface area contributed by atoms with Crippen molar-refractivity contribution >= 4 is 23.4 Å². The van der Waals surface area contributed by atoms with Gasteiger partial charge in [0.1, 0.15) is 23.2 Å². The number of halogens is 4. The van der Waals surface area contributed by atoms with Crippen LogP contribution >= 0.6 is 11.6 Å². The molecule has 1 N–H and O–H groups in total. The lowest BCUT2D eigenvalue weighted by Gasteiger charge is -2.45. The van der Waals surface area contributed by atoms with Crippen LogP contribution in [0.1, 0.15) is 22.1 Å². The van der Waals surface area contributed by atoms with Gasteiger partial charge in [-0.2, -0.15) is 13.2 Å². The van der Waals surface area contributed by atoms with Gasteiger partial charge in [-0.3, -0.25) is 14.5 Å². The van der Waals surface area contributed by atoms with E-state index in [1.807, 2.05) is 0 Å². The summed E-state index contributed by atoms with van der Waals surface area (Å²) in [6, 6.07) is 1.69. The van der Waals surface area contributed by atoms with E-state index in [2.05, 4.69) is 26.8 Å². The third-order valence-electron chi connectivity index (χ3n) is 5.22. The maximum Gasteiger partial charge on any atom is 0.405 e. The molecule has 2 aromatic rings. The average molecular weight is 469 g/mol. The molecule has 2 amide bonds. The molecular weight excluding hydrogens is 449 g/mol. The lowest BCUT2D eigenvalue weighted by atomic mass is 9.98. The molecular formula is C20H20ClF3N6O2. The number of carbonyl (C=O) groups is 2. The molecule has 170 valence electrons. The summed E-state index contributed by atoms with van der Waals surface area (Å²) in [6.45, 7) is 2.87. The van der Waals surface area contributed by atoms with Crippen LogP contribution in [0.3, 0.4) is 0 Å². The molecule has 2 aromatic heterocycles. The first-order chi connectivity index (χ1) is 15.0. The fourth-order valence-corrected chi connectivity index (χ4v) is 3.76. The highest BCUT2D eigenvalue weighted by molar-refractivity contribution is 6.29. The van der Waals surface area contributed by atoms with Crippen LogP contribution in [0.15, 0.2) is 37.2 Å². The number of carbonyl (C=O) groups excluding carboxylic acids is 2. The Morgan fingerprint density at radius 2 is 1.94 bits per heavy atom. The van der Waals surface area contributed by atoms with Crippen LogP contribution < -0.4 is 5.32 Å². The normalized spacial score (nSPS) is 19.5. The van der Waals surface area contributed by atoms with Crippen LogP contribution in [0.2, 0.25) is 5.15 Å². The molecule has 1 aliphatic rings. The number of hydrogen-bond acceptors (Lipinski definition) is 6. The quantitative estimate of drug-likeness (QED) is 0.547. The second kappa shape index (κ2) is 9.21. The predicted octanol–water partition coefficient (Wildman–Crippen LogP) is 2.48. The molecule has 2 atom stereocenters. The third kappa shape index (κ3) is 4.89. The predicted molar refractivity (Wildman–Crippen MR) is 111 cm³/mol. The number of amides is 2. The Bertz CT molecular complexity index is 1050. The minimum Gasteiger partial charge on any atom is -0.354 e. The summed E-state index contributed by atoms with van der Waals surface area (Å²) in [5.41, 5.74) is 1.03. The second-order valence-corrected chi connectivity index (χ2v) is 7.55. The van der Waals surface area contributed by atoms with E-state index in [9.17, 15) is 22.8 Å². The Hall–Kier alpha value is -3.05. The smallest absolute Gasteiger partial charge is 0.354 e. The summed E-state index contributed by atoms with van der Waals surface area (Å²) in [5, 5.41) is 2.48. The molecule has 0 saturated carbocycles. The van der Waals surface area contributed by atoms with Crippen molar-refractivity contribution in [1.82, 2.24) is 30.1 Å². The lowest BCUT2D eigenvalue weighted by molar-refractivity contribution is -0.202. The van der Waals surface area contributed by atoms with E-state index in [1.54, 1.807) is 6.07 Å². The number of piperazine rings is 1. The zero-order valence-corrected chi connectivity index (χ0v) is 18.0. The van der Waals surface area contributed by atoms with Crippen molar-refractivity contribution < 1.29 is 22.8 Å². The number of rotatable bonds is 4. The fraction of sp³-hybridized carbons (Fsp3) is 0.350. The van der Waals surface area contributed by atoms with Gasteiger partial charge < -0.3 is 10.2 Å². The molecule has 3 rings (SSSR count). The molecule has 32 heavy (non-hydrogen) atoms. The molecule has 0 spiro atoms. The Kier molecular flexibility index (Phi) is 6.79. The maximum atomic E-state index is 13.7. The van der Waals surface area contributed by atoms with Crippen molar-refractivity contribution in [2.24, 2.45) is 0 Å². The van der Waals surface area contributed by atoms with E-state index in [1.165, 1.54) is 32.6 Å². The summed E-state index contributed by atoms with van der Waals surface area (Å²) >= 11 is 6.18. The minimum absolute atomic E-state index is 0.000972. The van der Waals surface area contributed by atoms with E-state index in [0.717, 1.165) is 15.9 Å². The van der Waals surface area contributed by atoms with Crippen LogP contribution in [-0.2, 0) is 4.79 Å². The van der Waals surface area contributed by atoms with Crippen LogP contribution in [0.4, 0.5) is 13.2 Å². The van der Waals surface area contributed by atoms with E-state index in [4.69, 9.17) is 11.6 Å². The molecule has 1 saturated heterocycles. The van der Waals surface area contributed by atoms with Gasteiger partial charge in [0.15, 0.2) is 0 Å². The van der Waals surface area contributed by atoms with Crippen molar-refractivity contribution in [2.75, 3.05) is 27.2 Å². The van der Waals surface area contributed by atoms with E-state index in [-0.39, 0.29) is 28.8 Å². The van der Waals surface area contributed by atoms with Gasteiger partial charge in [-0.25, -0.2) is 15.0 Å². The molecule has 1 fully saturated rings. The standard InChI is InChI=1S/C20H20ClF3N6O2/c1-4-18(31)30-8-15(29(3)16(9-30)20(22,23)24)11-5-13(28-17(21)6-11)12-7-14(19(32)25-2)27-10-26-12/h4-7,10,15-16H,1,8-9H2,2-3H3,(H,25,32)/t15-,16-/m1/s1. The SMILES string of the molecule is C=CC(=O)N1C[C@H](c2cc(Cl)nc(-c3cc(C(=O)NC)ncn3)c2)N(C)[C@@H](C(F)(F)F)C1. The first kappa shape index (κ1) is 23.6. The molecule has 3 heterocycles. The summed E-state index contributed by atoms with van der Waals surface area (Å²) in [6.07, 6.45) is -2.39. The molecule has 12 heteroatoms. The van der Waals surface area contributed by atoms with Crippen molar-refractivity contribution in [3.05, 3.63) is 53.6 Å². The molecule has 0 radical (unpaired) electrons. The third-order valence-corrected chi connectivity index (χ3v) is 5.42. The lowest BCUT2D eigenvalue weighted by Crippen LogP contribution is -2.59. The molecule has 0 unspecified atom stereocenters. The molecule has 8 nitrogen and oxygen atoms in total. The zero-order valence-electron chi connectivity index (χ0n) is 17.2. The Morgan fingerprint density at radius 1 is 1.22 bits per heavy atom. The van der Waals surface area contributed by atoms with Crippen LogP contribution in [0, 0.1) is 0 Å². The topological polar surface area (TPSA) is 91.3 Å². The van der Waals surface area contributed by atoms with Crippen LogP contribution in [0.25, 0.3) is 11.4 Å². The Balaban J connectivity index is 2.04. The number of pyridine rings is 1. The van der Waals surface area contributed by atoms with Gasteiger partial charge in [0, 0.05) is 20.1 Å². The van der Waals surface area contributed by atoms with Gasteiger partial charge in [0.05, 0.1) is 17.4 Å². The fourth-order valence-electron chi connectivity index (χ4n) is 3.54. The zero-order chi connectivity index (χ0) is 23.6. The number of likely N-dealkylation sites (N-methyl/N-ethyl adjacent to an activating group) is 1. The summed E-state index contributed by atoms with van der Waals surface area (Å²) in [7, 11) is 2.80. The summed E-state index contributed by atoms with van der Waals surface area (Å²) < 4.78 is 41.1. The van der Waals surface area contributed by atoms with Crippen molar-refractivity contribution in [3.8, 4) is 11.4 Å². The van der Waals surface area contributed by atoms with Crippen molar-refractivity contribution in [1.29, 1.82) is 0 Å². The Labute approximate surface area is 187 Å². The molecule has 1 aliphatic heterocycles. The first-order valence-corrected chi connectivity index (χ1v) is 9.85. The summed E-state index contributed by atoms with van der Waals surface area (Å²) in [5.74, 6) is -1.03. The average Bonchev–Trinajstić information content (AvgIpc) is 2.77. The van der Waals surface area contributed by atoms with E-state index < -0.39 is 36.6 Å². The monoisotopic (exact) mass is 468 g/mol. The highest BCUT2D eigenvalue weighted by atomic mass is 35.5. The number of nitrogens with zero attached hydrogens (tertiary/aromatic N) is 5.